The highest BCUT2D eigenvalue weighted by molar-refractivity contribution is 5.82. The molecule has 0 unspecified atom stereocenters. The SMILES string of the molecule is COc1ccc(Cn2c(=O)n(Cc3ccccc3F)c(=O)c3[nH]c(-c4cnn(-c5ccccc5)c4)cc32)cc1. The van der Waals surface area contributed by atoms with E-state index in [0.717, 1.165) is 21.4 Å². The third kappa shape index (κ3) is 4.54. The lowest BCUT2D eigenvalue weighted by molar-refractivity contribution is 0.414. The minimum absolute atomic E-state index is 0.191. The largest absolute Gasteiger partial charge is 0.497 e. The number of para-hydroxylation sites is 1. The lowest BCUT2D eigenvalue weighted by atomic mass is 10.2. The van der Waals surface area contributed by atoms with Crippen molar-refractivity contribution in [3.8, 4) is 22.7 Å². The molecule has 39 heavy (non-hydrogen) atoms. The molecular formula is C30H24FN5O3. The van der Waals surface area contributed by atoms with Crippen molar-refractivity contribution in [2.45, 2.75) is 13.1 Å². The molecule has 0 amide bonds. The minimum Gasteiger partial charge on any atom is -0.497 e. The van der Waals surface area contributed by atoms with Crippen LogP contribution in [0.4, 0.5) is 4.39 Å². The number of nitrogens with one attached hydrogen (secondary N) is 1. The fraction of sp³-hybridized carbons (Fsp3) is 0.100. The van der Waals surface area contributed by atoms with E-state index in [1.165, 1.54) is 10.6 Å². The number of aromatic amines is 1. The monoisotopic (exact) mass is 521 g/mol. The van der Waals surface area contributed by atoms with Gasteiger partial charge in [0.15, 0.2) is 0 Å². The minimum atomic E-state index is -0.530. The van der Waals surface area contributed by atoms with Gasteiger partial charge in [0.05, 0.1) is 43.3 Å². The van der Waals surface area contributed by atoms with Gasteiger partial charge in [-0.05, 0) is 42.0 Å². The van der Waals surface area contributed by atoms with Crippen LogP contribution >= 0.6 is 0 Å². The number of benzene rings is 3. The average Bonchev–Trinajstić information content (AvgIpc) is 3.64. The zero-order valence-electron chi connectivity index (χ0n) is 21.0. The molecule has 0 bridgehead atoms. The second-order valence-corrected chi connectivity index (χ2v) is 9.15. The first kappa shape index (κ1) is 24.2. The fourth-order valence-corrected chi connectivity index (χ4v) is 4.63. The van der Waals surface area contributed by atoms with Gasteiger partial charge in [0.1, 0.15) is 17.1 Å². The third-order valence-electron chi connectivity index (χ3n) is 6.71. The van der Waals surface area contributed by atoms with Crippen LogP contribution in [0.15, 0.2) is 107 Å². The third-order valence-corrected chi connectivity index (χ3v) is 6.71. The Morgan fingerprint density at radius 2 is 1.64 bits per heavy atom. The Kier molecular flexibility index (Phi) is 6.16. The van der Waals surface area contributed by atoms with Gasteiger partial charge in [0, 0.05) is 17.3 Å². The van der Waals surface area contributed by atoms with E-state index < -0.39 is 17.1 Å². The van der Waals surface area contributed by atoms with Crippen LogP contribution in [0.5, 0.6) is 5.75 Å². The Balaban J connectivity index is 1.50. The number of ether oxygens (including phenoxy) is 1. The molecule has 6 aromatic rings. The summed E-state index contributed by atoms with van der Waals surface area (Å²) >= 11 is 0. The standard InChI is InChI=1S/C30H24FN5O3/c1-39-24-13-11-20(12-14-24)17-34-27-15-26(22-16-32-36(19-22)23-8-3-2-4-9-23)33-28(27)29(37)35(30(34)38)18-21-7-5-6-10-25(21)31/h2-16,19,33H,17-18H2,1H3. The molecule has 3 aromatic heterocycles. The number of nitrogens with zero attached hydrogens (tertiary/aromatic N) is 4. The molecule has 9 heteroatoms. The molecule has 0 spiro atoms. The summed E-state index contributed by atoms with van der Waals surface area (Å²) in [7, 11) is 1.59. The average molecular weight is 522 g/mol. The summed E-state index contributed by atoms with van der Waals surface area (Å²) in [5, 5.41) is 4.45. The number of rotatable bonds is 7. The quantitative estimate of drug-likeness (QED) is 0.333. The molecule has 0 aliphatic heterocycles. The van der Waals surface area contributed by atoms with Gasteiger partial charge in [-0.1, -0.05) is 48.5 Å². The lowest BCUT2D eigenvalue weighted by Crippen LogP contribution is -2.40. The van der Waals surface area contributed by atoms with E-state index in [1.807, 2.05) is 60.8 Å². The summed E-state index contributed by atoms with van der Waals surface area (Å²) in [5.74, 6) is 0.214. The molecule has 0 aliphatic rings. The van der Waals surface area contributed by atoms with Crippen molar-refractivity contribution in [3.63, 3.8) is 0 Å². The summed E-state index contributed by atoms with van der Waals surface area (Å²) < 4.78 is 24.1. The maximum atomic E-state index is 14.5. The van der Waals surface area contributed by atoms with Gasteiger partial charge in [-0.15, -0.1) is 0 Å². The molecule has 0 atom stereocenters. The van der Waals surface area contributed by atoms with Gasteiger partial charge in [-0.2, -0.15) is 5.10 Å². The highest BCUT2D eigenvalue weighted by Gasteiger charge is 2.19. The number of hydrogen-bond acceptors (Lipinski definition) is 4. The number of methoxy groups -OCH3 is 1. The van der Waals surface area contributed by atoms with Gasteiger partial charge in [0.25, 0.3) is 5.56 Å². The Morgan fingerprint density at radius 1 is 0.897 bits per heavy atom. The first-order chi connectivity index (χ1) is 19.0. The van der Waals surface area contributed by atoms with Crippen LogP contribution in [0.25, 0.3) is 28.0 Å². The smallest absolute Gasteiger partial charge is 0.332 e. The molecule has 0 aliphatic carbocycles. The predicted molar refractivity (Wildman–Crippen MR) is 147 cm³/mol. The van der Waals surface area contributed by atoms with Crippen molar-refractivity contribution in [1.82, 2.24) is 23.9 Å². The molecule has 1 N–H and O–H groups in total. The maximum Gasteiger partial charge on any atom is 0.332 e. The van der Waals surface area contributed by atoms with Gasteiger partial charge in [-0.3, -0.25) is 13.9 Å². The summed E-state index contributed by atoms with van der Waals surface area (Å²) in [6.45, 7) is 0.0145. The van der Waals surface area contributed by atoms with Gasteiger partial charge >= 0.3 is 5.69 Å². The normalized spacial score (nSPS) is 11.2. The number of hydrogen-bond donors (Lipinski definition) is 1. The molecule has 6 rings (SSSR count). The van der Waals surface area contributed by atoms with Crippen molar-refractivity contribution in [2.24, 2.45) is 0 Å². The predicted octanol–water partition coefficient (Wildman–Crippen LogP) is 4.59. The van der Waals surface area contributed by atoms with Gasteiger partial charge < -0.3 is 9.72 Å². The number of H-pyrrole nitrogens is 1. The Bertz CT molecular complexity index is 1900. The van der Waals surface area contributed by atoms with E-state index in [4.69, 9.17) is 4.74 Å². The summed E-state index contributed by atoms with van der Waals surface area (Å²) in [4.78, 5) is 30.5. The molecule has 0 saturated carbocycles. The van der Waals surface area contributed by atoms with E-state index >= 15 is 0 Å². The Morgan fingerprint density at radius 3 is 2.38 bits per heavy atom. The molecule has 194 valence electrons. The molecule has 3 heterocycles. The van der Waals surface area contributed by atoms with Crippen molar-refractivity contribution in [3.05, 3.63) is 135 Å². The van der Waals surface area contributed by atoms with E-state index in [-0.39, 0.29) is 24.2 Å². The van der Waals surface area contributed by atoms with Crippen molar-refractivity contribution in [2.75, 3.05) is 7.11 Å². The van der Waals surface area contributed by atoms with Crippen molar-refractivity contribution < 1.29 is 9.13 Å². The second-order valence-electron chi connectivity index (χ2n) is 9.15. The van der Waals surface area contributed by atoms with Gasteiger partial charge in [0.2, 0.25) is 0 Å². The molecule has 3 aromatic carbocycles. The highest BCUT2D eigenvalue weighted by atomic mass is 19.1. The van der Waals surface area contributed by atoms with Crippen LogP contribution in [0.1, 0.15) is 11.1 Å². The van der Waals surface area contributed by atoms with Crippen LogP contribution in [0.2, 0.25) is 0 Å². The fourth-order valence-electron chi connectivity index (χ4n) is 4.63. The van der Waals surface area contributed by atoms with Crippen LogP contribution in [-0.2, 0) is 13.1 Å². The number of halogens is 1. The Labute approximate surface area is 222 Å². The second kappa shape index (κ2) is 9.94. The molecule has 0 radical (unpaired) electrons. The van der Waals surface area contributed by atoms with Crippen molar-refractivity contribution >= 4 is 11.0 Å². The Hall–Kier alpha value is -5.18. The van der Waals surface area contributed by atoms with Crippen LogP contribution in [-0.4, -0.2) is 31.0 Å². The molecule has 8 nitrogen and oxygen atoms in total. The summed E-state index contributed by atoms with van der Waals surface area (Å²) in [5.41, 5.74) is 3.02. The van der Waals surface area contributed by atoms with Crippen LogP contribution in [0.3, 0.4) is 0 Å². The van der Waals surface area contributed by atoms with Crippen molar-refractivity contribution in [1.29, 1.82) is 0 Å². The van der Waals surface area contributed by atoms with Gasteiger partial charge in [-0.25, -0.2) is 13.9 Å². The maximum absolute atomic E-state index is 14.5. The van der Waals surface area contributed by atoms with E-state index in [2.05, 4.69) is 10.1 Å². The first-order valence-corrected chi connectivity index (χ1v) is 12.3. The highest BCUT2D eigenvalue weighted by Crippen LogP contribution is 2.24. The van der Waals surface area contributed by atoms with E-state index in [0.29, 0.717) is 17.0 Å². The summed E-state index contributed by atoms with van der Waals surface area (Å²) in [6.07, 6.45) is 3.55. The van der Waals surface area contributed by atoms with E-state index in [1.54, 1.807) is 42.3 Å². The van der Waals surface area contributed by atoms with E-state index in [9.17, 15) is 14.0 Å². The molecule has 0 fully saturated rings. The zero-order chi connectivity index (χ0) is 26.9. The number of aromatic nitrogens is 5. The number of fused-ring (bicyclic) bond motifs is 1. The summed E-state index contributed by atoms with van der Waals surface area (Å²) in [6, 6.07) is 24.9. The molecular weight excluding hydrogens is 497 g/mol. The van der Waals surface area contributed by atoms with Crippen LogP contribution in [0, 0.1) is 5.82 Å². The topological polar surface area (TPSA) is 86.8 Å². The zero-order valence-corrected chi connectivity index (χ0v) is 21.0. The first-order valence-electron chi connectivity index (χ1n) is 12.3. The lowest BCUT2D eigenvalue weighted by Gasteiger charge is -2.13. The van der Waals surface area contributed by atoms with Crippen LogP contribution < -0.4 is 16.0 Å². The molecule has 0 saturated heterocycles.